The molecule has 1 aromatic rings. The van der Waals surface area contributed by atoms with Gasteiger partial charge in [0.1, 0.15) is 5.75 Å². The van der Waals surface area contributed by atoms with Gasteiger partial charge >= 0.3 is 6.61 Å². The highest BCUT2D eigenvalue weighted by molar-refractivity contribution is 5.94. The lowest BCUT2D eigenvalue weighted by atomic mass is 9.94. The molecule has 3 rings (SSSR count). The van der Waals surface area contributed by atoms with Crippen LogP contribution in [0, 0.1) is 5.92 Å². The fraction of sp³-hybridized carbons (Fsp3) is 0.533. The van der Waals surface area contributed by atoms with E-state index >= 15 is 0 Å². The number of carbonyl (C=O) groups is 1. The minimum atomic E-state index is -2.85. The molecule has 2 fully saturated rings. The number of hydrogen-bond donors (Lipinski definition) is 1. The molecule has 1 N–H and O–H groups in total. The van der Waals surface area contributed by atoms with Gasteiger partial charge in [0.25, 0.3) is 5.91 Å². The van der Waals surface area contributed by atoms with Crippen molar-refractivity contribution in [1.82, 2.24) is 10.2 Å². The SMILES string of the molecule is O=C(c1ccc(OC(F)F)cc1)N1C[C@@H]2CCCN[C@@H]2C1. The van der Waals surface area contributed by atoms with Crippen LogP contribution in [0.25, 0.3) is 0 Å². The predicted octanol–water partition coefficient (Wildman–Crippen LogP) is 2.11. The van der Waals surface area contributed by atoms with Crippen molar-refractivity contribution in [2.24, 2.45) is 5.92 Å². The first-order valence-corrected chi connectivity index (χ1v) is 7.21. The van der Waals surface area contributed by atoms with Crippen LogP contribution in [-0.4, -0.2) is 43.1 Å². The fourth-order valence-corrected chi connectivity index (χ4v) is 3.17. The molecule has 1 aromatic carbocycles. The van der Waals surface area contributed by atoms with Crippen molar-refractivity contribution in [2.75, 3.05) is 19.6 Å². The van der Waals surface area contributed by atoms with Crippen LogP contribution >= 0.6 is 0 Å². The Morgan fingerprint density at radius 3 is 2.71 bits per heavy atom. The maximum Gasteiger partial charge on any atom is 0.387 e. The summed E-state index contributed by atoms with van der Waals surface area (Å²) in [7, 11) is 0. The molecule has 2 atom stereocenters. The summed E-state index contributed by atoms with van der Waals surface area (Å²) >= 11 is 0. The average molecular weight is 296 g/mol. The zero-order valence-electron chi connectivity index (χ0n) is 11.6. The van der Waals surface area contributed by atoms with Crippen molar-refractivity contribution in [3.63, 3.8) is 0 Å². The standard InChI is InChI=1S/C15H18F2N2O2/c16-15(17)21-12-5-3-10(4-6-12)14(20)19-8-11-2-1-7-18-13(11)9-19/h3-6,11,13,15,18H,1-2,7-9H2/t11-,13+/m0/s1. The van der Waals surface area contributed by atoms with Gasteiger partial charge in [0.15, 0.2) is 0 Å². The van der Waals surface area contributed by atoms with Crippen molar-refractivity contribution in [2.45, 2.75) is 25.5 Å². The van der Waals surface area contributed by atoms with Gasteiger partial charge in [-0.05, 0) is 49.6 Å². The van der Waals surface area contributed by atoms with Crippen LogP contribution in [0.3, 0.4) is 0 Å². The Kier molecular flexibility index (Phi) is 4.05. The second-order valence-corrected chi connectivity index (χ2v) is 5.58. The lowest BCUT2D eigenvalue weighted by molar-refractivity contribution is -0.0498. The van der Waals surface area contributed by atoms with E-state index in [1.807, 2.05) is 4.90 Å². The van der Waals surface area contributed by atoms with E-state index in [1.165, 1.54) is 24.3 Å². The molecule has 0 aromatic heterocycles. The zero-order valence-corrected chi connectivity index (χ0v) is 11.6. The minimum absolute atomic E-state index is 0.0465. The smallest absolute Gasteiger partial charge is 0.387 e. The van der Waals surface area contributed by atoms with Gasteiger partial charge in [0.2, 0.25) is 0 Å². The van der Waals surface area contributed by atoms with Crippen molar-refractivity contribution >= 4 is 5.91 Å². The lowest BCUT2D eigenvalue weighted by Gasteiger charge is -2.24. The summed E-state index contributed by atoms with van der Waals surface area (Å²) < 4.78 is 28.5. The van der Waals surface area contributed by atoms with Crippen LogP contribution in [-0.2, 0) is 0 Å². The van der Waals surface area contributed by atoms with Gasteiger partial charge in [-0.15, -0.1) is 0 Å². The third kappa shape index (κ3) is 3.15. The Morgan fingerprint density at radius 2 is 2.05 bits per heavy atom. The number of halogens is 2. The highest BCUT2D eigenvalue weighted by Gasteiger charge is 2.36. The molecule has 114 valence electrons. The van der Waals surface area contributed by atoms with Crippen LogP contribution in [0.4, 0.5) is 8.78 Å². The number of fused-ring (bicyclic) bond motifs is 1. The first-order valence-electron chi connectivity index (χ1n) is 7.21. The van der Waals surface area contributed by atoms with Crippen LogP contribution < -0.4 is 10.1 Å². The van der Waals surface area contributed by atoms with Crippen LogP contribution in [0.5, 0.6) is 5.75 Å². The second-order valence-electron chi connectivity index (χ2n) is 5.58. The average Bonchev–Trinajstić information content (AvgIpc) is 2.90. The number of likely N-dealkylation sites (tertiary alicyclic amines) is 1. The molecule has 0 radical (unpaired) electrons. The van der Waals surface area contributed by atoms with Crippen molar-refractivity contribution < 1.29 is 18.3 Å². The van der Waals surface area contributed by atoms with Crippen molar-refractivity contribution in [3.8, 4) is 5.75 Å². The monoisotopic (exact) mass is 296 g/mol. The van der Waals surface area contributed by atoms with Gasteiger partial charge in [-0.3, -0.25) is 4.79 Å². The Balaban J connectivity index is 1.65. The van der Waals surface area contributed by atoms with Crippen LogP contribution in [0.15, 0.2) is 24.3 Å². The summed E-state index contributed by atoms with van der Waals surface area (Å²) in [5.74, 6) is 0.553. The van der Waals surface area contributed by atoms with E-state index in [2.05, 4.69) is 10.1 Å². The summed E-state index contributed by atoms with van der Waals surface area (Å²) in [5, 5.41) is 3.45. The van der Waals surface area contributed by atoms with Gasteiger partial charge in [0, 0.05) is 24.7 Å². The molecule has 2 heterocycles. The molecule has 2 aliphatic heterocycles. The fourth-order valence-electron chi connectivity index (χ4n) is 3.17. The van der Waals surface area contributed by atoms with Gasteiger partial charge in [-0.25, -0.2) is 0 Å². The summed E-state index contributed by atoms with van der Waals surface area (Å²) in [6.07, 6.45) is 2.31. The number of hydrogen-bond acceptors (Lipinski definition) is 3. The molecule has 0 saturated carbocycles. The number of benzene rings is 1. The maximum absolute atomic E-state index is 12.4. The number of nitrogens with zero attached hydrogens (tertiary/aromatic N) is 1. The number of alkyl halides is 2. The van der Waals surface area contributed by atoms with E-state index in [0.717, 1.165) is 32.5 Å². The molecular weight excluding hydrogens is 278 g/mol. The molecule has 6 heteroatoms. The Bertz CT molecular complexity index is 493. The summed E-state index contributed by atoms with van der Waals surface area (Å²) in [6, 6.07) is 6.27. The molecule has 0 aliphatic carbocycles. The topological polar surface area (TPSA) is 41.6 Å². The maximum atomic E-state index is 12.4. The van der Waals surface area contributed by atoms with Crippen molar-refractivity contribution in [1.29, 1.82) is 0 Å². The number of nitrogens with one attached hydrogen (secondary N) is 1. The summed E-state index contributed by atoms with van der Waals surface area (Å²) in [6.45, 7) is -0.340. The first-order chi connectivity index (χ1) is 10.1. The Morgan fingerprint density at radius 1 is 1.29 bits per heavy atom. The van der Waals surface area contributed by atoms with E-state index in [-0.39, 0.29) is 11.7 Å². The molecule has 0 unspecified atom stereocenters. The highest BCUT2D eigenvalue weighted by atomic mass is 19.3. The first kappa shape index (κ1) is 14.3. The molecule has 1 amide bonds. The van der Waals surface area contributed by atoms with Gasteiger partial charge in [-0.1, -0.05) is 0 Å². The second kappa shape index (κ2) is 5.97. The number of ether oxygens (including phenoxy) is 1. The van der Waals surface area contributed by atoms with E-state index in [0.29, 0.717) is 17.5 Å². The van der Waals surface area contributed by atoms with Gasteiger partial charge in [-0.2, -0.15) is 8.78 Å². The van der Waals surface area contributed by atoms with Gasteiger partial charge in [0.05, 0.1) is 0 Å². The highest BCUT2D eigenvalue weighted by Crippen LogP contribution is 2.26. The van der Waals surface area contributed by atoms with Gasteiger partial charge < -0.3 is 15.0 Å². The lowest BCUT2D eigenvalue weighted by Crippen LogP contribution is -2.41. The largest absolute Gasteiger partial charge is 0.435 e. The molecule has 0 spiro atoms. The quantitative estimate of drug-likeness (QED) is 0.929. The van der Waals surface area contributed by atoms with E-state index in [4.69, 9.17) is 0 Å². The molecule has 2 aliphatic rings. The molecular formula is C15H18F2N2O2. The molecule has 21 heavy (non-hydrogen) atoms. The minimum Gasteiger partial charge on any atom is -0.435 e. The van der Waals surface area contributed by atoms with E-state index < -0.39 is 6.61 Å². The number of piperidine rings is 1. The number of amides is 1. The summed E-state index contributed by atoms with van der Waals surface area (Å²) in [4.78, 5) is 14.3. The Hall–Kier alpha value is -1.69. The van der Waals surface area contributed by atoms with E-state index in [1.54, 1.807) is 0 Å². The normalized spacial score (nSPS) is 25.0. The van der Waals surface area contributed by atoms with E-state index in [9.17, 15) is 13.6 Å². The van der Waals surface area contributed by atoms with Crippen LogP contribution in [0.2, 0.25) is 0 Å². The van der Waals surface area contributed by atoms with Crippen LogP contribution in [0.1, 0.15) is 23.2 Å². The predicted molar refractivity (Wildman–Crippen MR) is 73.5 cm³/mol. The Labute approximate surface area is 122 Å². The third-order valence-corrected chi connectivity index (χ3v) is 4.21. The zero-order chi connectivity index (χ0) is 14.8. The van der Waals surface area contributed by atoms with Crippen molar-refractivity contribution in [3.05, 3.63) is 29.8 Å². The molecule has 4 nitrogen and oxygen atoms in total. The third-order valence-electron chi connectivity index (χ3n) is 4.21. The molecule has 2 saturated heterocycles. The molecule has 0 bridgehead atoms. The summed E-state index contributed by atoms with van der Waals surface area (Å²) in [5.41, 5.74) is 0.510. The number of carbonyl (C=O) groups excluding carboxylic acids is 1. The number of rotatable bonds is 3.